The third-order valence-corrected chi connectivity index (χ3v) is 4.13. The van der Waals surface area contributed by atoms with Gasteiger partial charge in [-0.25, -0.2) is 4.39 Å². The standard InChI is InChI=1S/C20H16F4N4O2/c1-28-11-15(18(27-28)20(22,23)24)19(29)26-17-6-4-3-5-14(17)12-7-8-13(10-25-30-2)16(21)9-12/h3-11H,1-2H3,(H,26,29). The van der Waals surface area contributed by atoms with Gasteiger partial charge in [0.2, 0.25) is 0 Å². The Morgan fingerprint density at radius 1 is 1.23 bits per heavy atom. The molecule has 0 atom stereocenters. The van der Waals surface area contributed by atoms with E-state index in [2.05, 4.69) is 20.4 Å². The molecule has 10 heteroatoms. The molecule has 3 aromatic rings. The molecule has 0 spiro atoms. The Bertz CT molecular complexity index is 1110. The van der Waals surface area contributed by atoms with Crippen LogP contribution < -0.4 is 5.32 Å². The van der Waals surface area contributed by atoms with Gasteiger partial charge in [0.1, 0.15) is 12.9 Å². The van der Waals surface area contributed by atoms with Crippen LogP contribution in [0.25, 0.3) is 11.1 Å². The number of aryl methyl sites for hydroxylation is 1. The van der Waals surface area contributed by atoms with Gasteiger partial charge < -0.3 is 10.2 Å². The minimum atomic E-state index is -4.78. The number of carbonyl (C=O) groups is 1. The molecule has 1 aromatic heterocycles. The molecule has 0 fully saturated rings. The Balaban J connectivity index is 1.95. The quantitative estimate of drug-likeness (QED) is 0.376. The fourth-order valence-electron chi connectivity index (χ4n) is 2.81. The zero-order valence-electron chi connectivity index (χ0n) is 15.9. The molecule has 1 N–H and O–H groups in total. The molecular weight excluding hydrogens is 404 g/mol. The van der Waals surface area contributed by atoms with E-state index >= 15 is 0 Å². The van der Waals surface area contributed by atoms with E-state index in [0.717, 1.165) is 10.9 Å². The van der Waals surface area contributed by atoms with Crippen molar-refractivity contribution >= 4 is 17.8 Å². The fraction of sp³-hybridized carbons (Fsp3) is 0.150. The highest BCUT2D eigenvalue weighted by molar-refractivity contribution is 6.07. The predicted molar refractivity (Wildman–Crippen MR) is 103 cm³/mol. The molecule has 0 radical (unpaired) electrons. The van der Waals surface area contributed by atoms with E-state index in [1.807, 2.05) is 0 Å². The lowest BCUT2D eigenvalue weighted by molar-refractivity contribution is -0.141. The van der Waals surface area contributed by atoms with Gasteiger partial charge in [0.25, 0.3) is 5.91 Å². The maximum atomic E-state index is 14.3. The highest BCUT2D eigenvalue weighted by Gasteiger charge is 2.39. The molecule has 0 saturated heterocycles. The topological polar surface area (TPSA) is 68.5 Å². The largest absolute Gasteiger partial charge is 0.435 e. The average Bonchev–Trinajstić information content (AvgIpc) is 3.10. The lowest BCUT2D eigenvalue weighted by atomic mass is 10.0. The molecule has 30 heavy (non-hydrogen) atoms. The summed E-state index contributed by atoms with van der Waals surface area (Å²) in [6.07, 6.45) is -2.59. The Hall–Kier alpha value is -3.69. The van der Waals surface area contributed by atoms with Crippen LogP contribution >= 0.6 is 0 Å². The van der Waals surface area contributed by atoms with Crippen molar-refractivity contribution in [3.05, 3.63) is 71.3 Å². The van der Waals surface area contributed by atoms with Gasteiger partial charge in [0.05, 0.1) is 11.8 Å². The first kappa shape index (κ1) is 21.0. The van der Waals surface area contributed by atoms with Crippen LogP contribution in [-0.4, -0.2) is 29.0 Å². The monoisotopic (exact) mass is 420 g/mol. The zero-order valence-corrected chi connectivity index (χ0v) is 15.9. The second-order valence-electron chi connectivity index (χ2n) is 6.22. The van der Waals surface area contributed by atoms with Crippen LogP contribution in [0.15, 0.2) is 53.8 Å². The number of aromatic nitrogens is 2. The number of nitrogens with one attached hydrogen (secondary N) is 1. The summed E-state index contributed by atoms with van der Waals surface area (Å²) in [5.41, 5.74) is -0.646. The molecule has 2 aromatic carbocycles. The van der Waals surface area contributed by atoms with Crippen LogP contribution in [0.3, 0.4) is 0 Å². The number of anilines is 1. The van der Waals surface area contributed by atoms with Crippen LogP contribution in [0, 0.1) is 5.82 Å². The highest BCUT2D eigenvalue weighted by Crippen LogP contribution is 2.33. The Morgan fingerprint density at radius 3 is 2.63 bits per heavy atom. The van der Waals surface area contributed by atoms with Crippen LogP contribution in [-0.2, 0) is 18.1 Å². The minimum absolute atomic E-state index is 0.187. The normalized spacial score (nSPS) is 11.7. The fourth-order valence-corrected chi connectivity index (χ4v) is 2.81. The molecule has 1 heterocycles. The van der Waals surface area contributed by atoms with Crippen molar-refractivity contribution in [1.82, 2.24) is 9.78 Å². The number of halogens is 4. The first-order chi connectivity index (χ1) is 14.2. The SMILES string of the molecule is CON=Cc1ccc(-c2ccccc2NC(=O)c2cn(C)nc2C(F)(F)F)cc1F. The Labute approximate surface area is 168 Å². The number of rotatable bonds is 5. The number of hydrogen-bond donors (Lipinski definition) is 1. The van der Waals surface area contributed by atoms with Crippen molar-refractivity contribution in [3.63, 3.8) is 0 Å². The Morgan fingerprint density at radius 2 is 1.97 bits per heavy atom. The van der Waals surface area contributed by atoms with Gasteiger partial charge in [-0.2, -0.15) is 18.3 Å². The van der Waals surface area contributed by atoms with E-state index in [4.69, 9.17) is 0 Å². The number of alkyl halides is 3. The summed E-state index contributed by atoms with van der Waals surface area (Å²) in [5.74, 6) is -1.56. The smallest absolute Gasteiger partial charge is 0.399 e. The van der Waals surface area contributed by atoms with Crippen LogP contribution in [0.4, 0.5) is 23.2 Å². The van der Waals surface area contributed by atoms with Gasteiger partial charge in [0, 0.05) is 30.1 Å². The van der Waals surface area contributed by atoms with Crippen molar-refractivity contribution in [2.24, 2.45) is 12.2 Å². The molecule has 6 nitrogen and oxygen atoms in total. The molecule has 0 unspecified atom stereocenters. The van der Waals surface area contributed by atoms with E-state index < -0.39 is 29.2 Å². The van der Waals surface area contributed by atoms with Crippen molar-refractivity contribution < 1.29 is 27.2 Å². The first-order valence-electron chi connectivity index (χ1n) is 8.58. The lowest BCUT2D eigenvalue weighted by Crippen LogP contribution is -2.18. The number of carbonyl (C=O) groups excluding carboxylic acids is 1. The van der Waals surface area contributed by atoms with Gasteiger partial charge in [-0.1, -0.05) is 29.4 Å². The summed E-state index contributed by atoms with van der Waals surface area (Å²) in [7, 11) is 2.62. The van der Waals surface area contributed by atoms with Gasteiger partial charge in [-0.05, 0) is 23.8 Å². The van der Waals surface area contributed by atoms with Gasteiger partial charge in [-0.3, -0.25) is 9.48 Å². The highest BCUT2D eigenvalue weighted by atomic mass is 19.4. The molecule has 156 valence electrons. The molecule has 0 aliphatic carbocycles. The van der Waals surface area contributed by atoms with Crippen molar-refractivity contribution in [3.8, 4) is 11.1 Å². The summed E-state index contributed by atoms with van der Waals surface area (Å²) < 4.78 is 54.7. The number of nitrogens with zero attached hydrogens (tertiary/aromatic N) is 3. The third kappa shape index (κ3) is 4.48. The summed E-state index contributed by atoms with van der Waals surface area (Å²) >= 11 is 0. The molecule has 1 amide bonds. The first-order valence-corrected chi connectivity index (χ1v) is 8.58. The maximum absolute atomic E-state index is 14.3. The summed E-state index contributed by atoms with van der Waals surface area (Å²) in [4.78, 5) is 17.1. The van der Waals surface area contributed by atoms with E-state index in [-0.39, 0.29) is 11.3 Å². The summed E-state index contributed by atoms with van der Waals surface area (Å²) in [6, 6.07) is 10.7. The molecular formula is C20H16F4N4O2. The summed E-state index contributed by atoms with van der Waals surface area (Å²) in [6.45, 7) is 0. The maximum Gasteiger partial charge on any atom is 0.435 e. The van der Waals surface area contributed by atoms with Gasteiger partial charge in [0.15, 0.2) is 5.69 Å². The lowest BCUT2D eigenvalue weighted by Gasteiger charge is -2.12. The van der Waals surface area contributed by atoms with Gasteiger partial charge >= 0.3 is 6.18 Å². The van der Waals surface area contributed by atoms with E-state index in [0.29, 0.717) is 11.1 Å². The molecule has 0 bridgehead atoms. The van der Waals surface area contributed by atoms with E-state index in [1.54, 1.807) is 24.3 Å². The average molecular weight is 420 g/mol. The number of hydrogen-bond acceptors (Lipinski definition) is 4. The van der Waals surface area contributed by atoms with Crippen molar-refractivity contribution in [2.45, 2.75) is 6.18 Å². The molecule has 3 rings (SSSR count). The molecule has 0 aliphatic heterocycles. The predicted octanol–water partition coefficient (Wildman–Crippen LogP) is 4.48. The third-order valence-electron chi connectivity index (χ3n) is 4.13. The molecule has 0 aliphatic rings. The number of amides is 1. The second kappa shape index (κ2) is 8.36. The number of para-hydroxylation sites is 1. The van der Waals surface area contributed by atoms with Gasteiger partial charge in [-0.15, -0.1) is 0 Å². The van der Waals surface area contributed by atoms with Crippen LogP contribution in [0.2, 0.25) is 0 Å². The van der Waals surface area contributed by atoms with Crippen LogP contribution in [0.1, 0.15) is 21.6 Å². The second-order valence-corrected chi connectivity index (χ2v) is 6.22. The zero-order chi connectivity index (χ0) is 21.9. The van der Waals surface area contributed by atoms with E-state index in [1.165, 1.54) is 38.6 Å². The van der Waals surface area contributed by atoms with Crippen LogP contribution in [0.5, 0.6) is 0 Å². The number of benzene rings is 2. The Kier molecular flexibility index (Phi) is 5.86. The summed E-state index contributed by atoms with van der Waals surface area (Å²) in [5, 5.41) is 9.29. The molecule has 0 saturated carbocycles. The number of oxime groups is 1. The van der Waals surface area contributed by atoms with E-state index in [9.17, 15) is 22.4 Å². The van der Waals surface area contributed by atoms with Crippen molar-refractivity contribution in [2.75, 3.05) is 12.4 Å². The van der Waals surface area contributed by atoms with Crippen molar-refractivity contribution in [1.29, 1.82) is 0 Å². The minimum Gasteiger partial charge on any atom is -0.399 e.